The van der Waals surface area contributed by atoms with E-state index in [-0.39, 0.29) is 0 Å². The fraction of sp³-hybridized carbons (Fsp3) is 0.0588. The number of allylic oxidation sites excluding steroid dienone is 2. The topological polar surface area (TPSA) is 20.7 Å². The quantitative estimate of drug-likeness (QED) is 0.245. The van der Waals surface area contributed by atoms with Gasteiger partial charge in [-0.2, -0.15) is 0 Å². The Hall–Kier alpha value is -4.56. The van der Waals surface area contributed by atoms with Gasteiger partial charge in [-0.25, -0.2) is 0 Å². The normalized spacial score (nSPS) is 10.7. The fourth-order valence-electron chi connectivity index (χ4n) is 4.92. The summed E-state index contributed by atoms with van der Waals surface area (Å²) in [7, 11) is 0. The van der Waals surface area contributed by atoms with Gasteiger partial charge >= 0.3 is 0 Å². The molecule has 0 saturated heterocycles. The van der Waals surface area contributed by atoms with Crippen molar-refractivity contribution in [2.45, 2.75) is 13.8 Å². The maximum Gasteiger partial charge on any atom is 0.0547 e. The molecule has 7 rings (SSSR count). The molecule has 0 aliphatic carbocycles. The molecule has 2 aromatic heterocycles. The van der Waals surface area contributed by atoms with Crippen LogP contribution in [0, 0.1) is 0 Å². The first kappa shape index (κ1) is 23.2. The van der Waals surface area contributed by atoms with E-state index in [1.165, 1.54) is 60.1 Å². The zero-order valence-electron chi connectivity index (χ0n) is 20.8. The van der Waals surface area contributed by atoms with Gasteiger partial charge in [-0.15, -0.1) is 0 Å². The van der Waals surface area contributed by atoms with Crippen LogP contribution in [0.4, 0.5) is 0 Å². The van der Waals surface area contributed by atoms with Crippen molar-refractivity contribution >= 4 is 54.4 Å². The van der Waals surface area contributed by atoms with Gasteiger partial charge < -0.3 is 9.55 Å². The molecule has 1 N–H and O–H groups in total. The molecular formula is C34H30N2. The fourth-order valence-corrected chi connectivity index (χ4v) is 4.92. The third-order valence-electron chi connectivity index (χ3n) is 6.45. The van der Waals surface area contributed by atoms with Gasteiger partial charge in [0.05, 0.1) is 11.0 Å². The Kier molecular flexibility index (Phi) is 6.42. The molecule has 0 amide bonds. The number of nitrogens with one attached hydrogen (secondary N) is 1. The van der Waals surface area contributed by atoms with Crippen molar-refractivity contribution in [2.24, 2.45) is 0 Å². The molecule has 0 aliphatic heterocycles. The maximum atomic E-state index is 3.59. The second-order valence-electron chi connectivity index (χ2n) is 8.44. The minimum atomic E-state index is 1.17. The minimum Gasteiger partial charge on any atom is -0.354 e. The van der Waals surface area contributed by atoms with E-state index in [1.807, 2.05) is 13.8 Å². The van der Waals surface area contributed by atoms with Crippen molar-refractivity contribution in [1.82, 2.24) is 9.55 Å². The van der Waals surface area contributed by atoms with Crippen molar-refractivity contribution in [1.29, 1.82) is 0 Å². The molecule has 0 saturated carbocycles. The Labute approximate surface area is 211 Å². The minimum absolute atomic E-state index is 1.17. The van der Waals surface area contributed by atoms with Gasteiger partial charge in [0.15, 0.2) is 0 Å². The van der Waals surface area contributed by atoms with E-state index in [4.69, 9.17) is 0 Å². The first-order valence-electron chi connectivity index (χ1n) is 12.4. The van der Waals surface area contributed by atoms with Crippen molar-refractivity contribution in [2.75, 3.05) is 0 Å². The highest BCUT2D eigenvalue weighted by atomic mass is 15.0. The molecule has 0 atom stereocenters. The first-order chi connectivity index (χ1) is 17.8. The number of rotatable bonds is 2. The van der Waals surface area contributed by atoms with Gasteiger partial charge in [0.25, 0.3) is 0 Å². The molecule has 7 aromatic rings. The molecule has 0 spiro atoms. The Bertz CT molecular complexity index is 1840. The molecule has 2 heterocycles. The second-order valence-corrected chi connectivity index (χ2v) is 8.44. The summed E-state index contributed by atoms with van der Waals surface area (Å²) < 4.78 is 2.39. The largest absolute Gasteiger partial charge is 0.354 e. The highest BCUT2D eigenvalue weighted by Gasteiger charge is 2.14. The number of hydrogen-bond acceptors (Lipinski definition) is 0. The SMILES string of the molecule is C=CC=C.CC.c1ccc2cc3c(cc2c1)c1ccccc1n3-c1ccc2c(c1)[nH]c1ccccc12. The van der Waals surface area contributed by atoms with Crippen LogP contribution < -0.4 is 0 Å². The van der Waals surface area contributed by atoms with Crippen molar-refractivity contribution < 1.29 is 0 Å². The van der Waals surface area contributed by atoms with E-state index in [2.05, 4.69) is 126 Å². The predicted octanol–water partition coefficient (Wildman–Crippen LogP) is 9.96. The molecule has 0 aliphatic rings. The van der Waals surface area contributed by atoms with E-state index >= 15 is 0 Å². The lowest BCUT2D eigenvalue weighted by Crippen LogP contribution is -1.93. The zero-order chi connectivity index (χ0) is 25.1. The van der Waals surface area contributed by atoms with Crippen LogP contribution in [0.3, 0.4) is 0 Å². The number of fused-ring (bicyclic) bond motifs is 7. The summed E-state index contributed by atoms with van der Waals surface area (Å²) in [6, 6.07) is 37.2. The van der Waals surface area contributed by atoms with Crippen molar-refractivity contribution in [3.05, 3.63) is 128 Å². The van der Waals surface area contributed by atoms with Crippen LogP contribution in [0.2, 0.25) is 0 Å². The van der Waals surface area contributed by atoms with Gasteiger partial charge in [-0.3, -0.25) is 0 Å². The van der Waals surface area contributed by atoms with E-state index in [1.54, 1.807) is 12.2 Å². The Morgan fingerprint density at radius 1 is 0.556 bits per heavy atom. The highest BCUT2D eigenvalue weighted by Crippen LogP contribution is 2.36. The van der Waals surface area contributed by atoms with Crippen LogP contribution in [0.25, 0.3) is 60.1 Å². The second kappa shape index (κ2) is 9.97. The Balaban J connectivity index is 0.000000408. The molecule has 0 fully saturated rings. The monoisotopic (exact) mass is 466 g/mol. The van der Waals surface area contributed by atoms with Gasteiger partial charge in [0.1, 0.15) is 0 Å². The van der Waals surface area contributed by atoms with Crippen LogP contribution in [0.1, 0.15) is 13.8 Å². The van der Waals surface area contributed by atoms with Gasteiger partial charge in [0, 0.05) is 38.3 Å². The van der Waals surface area contributed by atoms with Crippen LogP contribution in [-0.2, 0) is 0 Å². The Morgan fingerprint density at radius 2 is 1.17 bits per heavy atom. The molecule has 0 bridgehead atoms. The number of aromatic amines is 1. The summed E-state index contributed by atoms with van der Waals surface area (Å²) in [5.74, 6) is 0. The molecule has 5 aromatic carbocycles. The lowest BCUT2D eigenvalue weighted by Gasteiger charge is -2.09. The number of H-pyrrole nitrogens is 1. The third kappa shape index (κ3) is 3.87. The number of benzene rings is 5. The summed E-state index contributed by atoms with van der Waals surface area (Å²) >= 11 is 0. The van der Waals surface area contributed by atoms with E-state index in [0.29, 0.717) is 0 Å². The summed E-state index contributed by atoms with van der Waals surface area (Å²) in [5, 5.41) is 7.66. The summed E-state index contributed by atoms with van der Waals surface area (Å²) in [5.41, 5.74) is 6.00. The number of para-hydroxylation sites is 2. The summed E-state index contributed by atoms with van der Waals surface area (Å²) in [4.78, 5) is 3.59. The molecule has 36 heavy (non-hydrogen) atoms. The van der Waals surface area contributed by atoms with Crippen LogP contribution in [0.15, 0.2) is 128 Å². The summed E-state index contributed by atoms with van der Waals surface area (Å²) in [6.07, 6.45) is 3.28. The molecular weight excluding hydrogens is 436 g/mol. The van der Waals surface area contributed by atoms with E-state index in [9.17, 15) is 0 Å². The molecule has 176 valence electrons. The molecule has 2 heteroatoms. The van der Waals surface area contributed by atoms with E-state index in [0.717, 1.165) is 0 Å². The predicted molar refractivity (Wildman–Crippen MR) is 159 cm³/mol. The number of hydrogen-bond donors (Lipinski definition) is 1. The van der Waals surface area contributed by atoms with Crippen LogP contribution in [0.5, 0.6) is 0 Å². The Morgan fingerprint density at radius 3 is 1.92 bits per heavy atom. The van der Waals surface area contributed by atoms with Crippen LogP contribution >= 0.6 is 0 Å². The van der Waals surface area contributed by atoms with Crippen molar-refractivity contribution in [3.63, 3.8) is 0 Å². The highest BCUT2D eigenvalue weighted by molar-refractivity contribution is 6.14. The third-order valence-corrected chi connectivity index (χ3v) is 6.45. The van der Waals surface area contributed by atoms with Crippen molar-refractivity contribution in [3.8, 4) is 5.69 Å². The number of nitrogens with zero attached hydrogens (tertiary/aromatic N) is 1. The summed E-state index contributed by atoms with van der Waals surface area (Å²) in [6.45, 7) is 10.7. The standard InChI is InChI=1S/C28H18N2.C4H6.C2H6/c1-2-8-19-16-28-24(15-18(19)7-1)23-10-4-6-12-27(23)30(28)20-13-14-22-21-9-3-5-11-25(21)29-26(22)17-20;1-3-4-2;1-2/h1-17,29H;3-4H,1-2H2;1-2H3. The van der Waals surface area contributed by atoms with Gasteiger partial charge in [-0.1, -0.05) is 106 Å². The first-order valence-corrected chi connectivity index (χ1v) is 12.4. The van der Waals surface area contributed by atoms with E-state index < -0.39 is 0 Å². The lowest BCUT2D eigenvalue weighted by atomic mass is 10.1. The smallest absolute Gasteiger partial charge is 0.0547 e. The molecule has 0 unspecified atom stereocenters. The van der Waals surface area contributed by atoms with Gasteiger partial charge in [-0.05, 0) is 47.2 Å². The zero-order valence-corrected chi connectivity index (χ0v) is 20.8. The average molecular weight is 467 g/mol. The average Bonchev–Trinajstić information content (AvgIpc) is 3.47. The lowest BCUT2D eigenvalue weighted by molar-refractivity contribution is 1.19. The van der Waals surface area contributed by atoms with Gasteiger partial charge in [0.2, 0.25) is 0 Å². The maximum absolute atomic E-state index is 3.59. The van der Waals surface area contributed by atoms with Crippen LogP contribution in [-0.4, -0.2) is 9.55 Å². The molecule has 0 radical (unpaired) electrons. The number of aromatic nitrogens is 2. The molecule has 2 nitrogen and oxygen atoms in total.